The lowest BCUT2D eigenvalue weighted by molar-refractivity contribution is -0.118. The number of aromatic nitrogens is 3. The number of fused-ring (bicyclic) bond motifs is 1. The number of rotatable bonds is 4. The van der Waals surface area contributed by atoms with Crippen molar-refractivity contribution in [2.75, 3.05) is 11.9 Å². The second kappa shape index (κ2) is 6.04. The minimum Gasteiger partial charge on any atom is -0.484 e. The van der Waals surface area contributed by atoms with Gasteiger partial charge < -0.3 is 10.1 Å². The van der Waals surface area contributed by atoms with E-state index in [-0.39, 0.29) is 12.5 Å². The summed E-state index contributed by atoms with van der Waals surface area (Å²) in [6.45, 7) is 1.66. The predicted octanol–water partition coefficient (Wildman–Crippen LogP) is 2.43. The summed E-state index contributed by atoms with van der Waals surface area (Å²) in [7, 11) is 1.81. The zero-order valence-corrected chi connectivity index (χ0v) is 12.7. The lowest BCUT2D eigenvalue weighted by Crippen LogP contribution is -2.20. The SMILES string of the molecule is Cc1nn(C)c2ncc(NC(=O)COc3cccc(F)c3)cc12. The molecule has 0 saturated heterocycles. The van der Waals surface area contributed by atoms with Crippen LogP contribution in [0.25, 0.3) is 11.0 Å². The van der Waals surface area contributed by atoms with Crippen molar-refractivity contribution in [1.29, 1.82) is 0 Å². The second-order valence-corrected chi connectivity index (χ2v) is 5.10. The van der Waals surface area contributed by atoms with Crippen molar-refractivity contribution in [3.05, 3.63) is 48.0 Å². The number of nitrogens with zero attached hydrogens (tertiary/aromatic N) is 3. The molecular formula is C16H15FN4O2. The highest BCUT2D eigenvalue weighted by Crippen LogP contribution is 2.19. The highest BCUT2D eigenvalue weighted by molar-refractivity contribution is 5.94. The normalized spacial score (nSPS) is 10.7. The highest BCUT2D eigenvalue weighted by atomic mass is 19.1. The van der Waals surface area contributed by atoms with Crippen LogP contribution in [0, 0.1) is 12.7 Å². The first kappa shape index (κ1) is 15.0. The van der Waals surface area contributed by atoms with Crippen LogP contribution in [0.3, 0.4) is 0 Å². The summed E-state index contributed by atoms with van der Waals surface area (Å²) >= 11 is 0. The zero-order valence-electron chi connectivity index (χ0n) is 12.7. The number of anilines is 1. The number of nitrogens with one attached hydrogen (secondary N) is 1. The van der Waals surface area contributed by atoms with E-state index in [9.17, 15) is 9.18 Å². The lowest BCUT2D eigenvalue weighted by atomic mass is 10.2. The fourth-order valence-electron chi connectivity index (χ4n) is 2.28. The van der Waals surface area contributed by atoms with Gasteiger partial charge in [-0.25, -0.2) is 9.37 Å². The fraction of sp³-hybridized carbons (Fsp3) is 0.188. The van der Waals surface area contributed by atoms with Crippen LogP contribution in [-0.2, 0) is 11.8 Å². The largest absolute Gasteiger partial charge is 0.484 e. The molecule has 118 valence electrons. The van der Waals surface area contributed by atoms with Gasteiger partial charge in [0.15, 0.2) is 12.3 Å². The first-order valence-electron chi connectivity index (χ1n) is 7.00. The van der Waals surface area contributed by atoms with Crippen molar-refractivity contribution < 1.29 is 13.9 Å². The van der Waals surface area contributed by atoms with Crippen molar-refractivity contribution in [2.45, 2.75) is 6.92 Å². The van der Waals surface area contributed by atoms with Gasteiger partial charge in [0, 0.05) is 18.5 Å². The molecule has 3 rings (SSSR count). The zero-order chi connectivity index (χ0) is 16.4. The number of pyridine rings is 1. The molecule has 0 fully saturated rings. The van der Waals surface area contributed by atoms with E-state index in [0.29, 0.717) is 11.4 Å². The van der Waals surface area contributed by atoms with Gasteiger partial charge in [-0.05, 0) is 25.1 Å². The molecule has 2 aromatic heterocycles. The molecule has 0 aliphatic heterocycles. The molecule has 0 unspecified atom stereocenters. The molecule has 3 aromatic rings. The molecule has 1 amide bonds. The number of carbonyl (C=O) groups is 1. The molecule has 0 saturated carbocycles. The van der Waals surface area contributed by atoms with E-state index in [2.05, 4.69) is 15.4 Å². The number of carbonyl (C=O) groups excluding carboxylic acids is 1. The first-order chi connectivity index (χ1) is 11.0. The summed E-state index contributed by atoms with van der Waals surface area (Å²) in [5.74, 6) is -0.460. The third-order valence-corrected chi connectivity index (χ3v) is 3.31. The molecule has 1 aromatic carbocycles. The molecule has 7 heteroatoms. The van der Waals surface area contributed by atoms with Gasteiger partial charge >= 0.3 is 0 Å². The fourth-order valence-corrected chi connectivity index (χ4v) is 2.28. The Morgan fingerprint density at radius 2 is 2.22 bits per heavy atom. The minimum atomic E-state index is -0.412. The van der Waals surface area contributed by atoms with E-state index in [0.717, 1.165) is 16.7 Å². The standard InChI is InChI=1S/C16H15FN4O2/c1-10-14-7-12(8-18-16(14)21(2)20-10)19-15(22)9-23-13-5-3-4-11(17)6-13/h3-8H,9H2,1-2H3,(H,19,22). The molecule has 6 nitrogen and oxygen atoms in total. The van der Waals surface area contributed by atoms with E-state index < -0.39 is 5.82 Å². The number of hydrogen-bond donors (Lipinski definition) is 1. The molecule has 23 heavy (non-hydrogen) atoms. The van der Waals surface area contributed by atoms with Gasteiger partial charge in [0.2, 0.25) is 0 Å². The van der Waals surface area contributed by atoms with Crippen LogP contribution in [0.1, 0.15) is 5.69 Å². The van der Waals surface area contributed by atoms with E-state index in [1.165, 1.54) is 18.2 Å². The average molecular weight is 314 g/mol. The van der Waals surface area contributed by atoms with Crippen LogP contribution < -0.4 is 10.1 Å². The number of halogens is 1. The Hall–Kier alpha value is -2.96. The van der Waals surface area contributed by atoms with Crippen molar-refractivity contribution in [1.82, 2.24) is 14.8 Å². The first-order valence-corrected chi connectivity index (χ1v) is 7.00. The summed E-state index contributed by atoms with van der Waals surface area (Å²) in [5.41, 5.74) is 2.14. The molecule has 0 atom stereocenters. The molecular weight excluding hydrogens is 299 g/mol. The molecule has 0 bridgehead atoms. The topological polar surface area (TPSA) is 69.0 Å². The summed E-state index contributed by atoms with van der Waals surface area (Å²) in [6.07, 6.45) is 1.56. The average Bonchev–Trinajstić information content (AvgIpc) is 2.80. The Morgan fingerprint density at radius 3 is 3.00 bits per heavy atom. The van der Waals surface area contributed by atoms with Crippen LogP contribution in [0.4, 0.5) is 10.1 Å². The van der Waals surface area contributed by atoms with Crippen molar-refractivity contribution in [3.63, 3.8) is 0 Å². The van der Waals surface area contributed by atoms with Crippen LogP contribution >= 0.6 is 0 Å². The smallest absolute Gasteiger partial charge is 0.262 e. The summed E-state index contributed by atoms with van der Waals surface area (Å²) in [6, 6.07) is 7.45. The van der Waals surface area contributed by atoms with Crippen LogP contribution in [0.5, 0.6) is 5.75 Å². The molecule has 0 aliphatic carbocycles. The van der Waals surface area contributed by atoms with E-state index in [1.54, 1.807) is 16.9 Å². The Kier molecular flexibility index (Phi) is 3.92. The maximum Gasteiger partial charge on any atom is 0.262 e. The Morgan fingerprint density at radius 1 is 1.39 bits per heavy atom. The van der Waals surface area contributed by atoms with Gasteiger partial charge in [0.1, 0.15) is 11.6 Å². The van der Waals surface area contributed by atoms with Crippen LogP contribution in [0.15, 0.2) is 36.5 Å². The van der Waals surface area contributed by atoms with E-state index in [4.69, 9.17) is 4.74 Å². The van der Waals surface area contributed by atoms with Crippen molar-refractivity contribution in [2.24, 2.45) is 7.05 Å². The van der Waals surface area contributed by atoms with Crippen molar-refractivity contribution in [3.8, 4) is 5.75 Å². The minimum absolute atomic E-state index is 0.215. The third kappa shape index (κ3) is 3.28. The van der Waals surface area contributed by atoms with Gasteiger partial charge in [-0.15, -0.1) is 0 Å². The third-order valence-electron chi connectivity index (χ3n) is 3.31. The number of benzene rings is 1. The Balaban J connectivity index is 1.67. The highest BCUT2D eigenvalue weighted by Gasteiger charge is 2.09. The number of aryl methyl sites for hydroxylation is 2. The van der Waals surface area contributed by atoms with Crippen LogP contribution in [-0.4, -0.2) is 27.3 Å². The maximum atomic E-state index is 13.0. The number of ether oxygens (including phenoxy) is 1. The molecule has 0 radical (unpaired) electrons. The monoisotopic (exact) mass is 314 g/mol. The van der Waals surface area contributed by atoms with Gasteiger partial charge in [-0.1, -0.05) is 6.07 Å². The quantitative estimate of drug-likeness (QED) is 0.803. The Labute approximate surface area is 131 Å². The van der Waals surface area contributed by atoms with Gasteiger partial charge in [-0.3, -0.25) is 9.48 Å². The molecule has 1 N–H and O–H groups in total. The van der Waals surface area contributed by atoms with Crippen LogP contribution in [0.2, 0.25) is 0 Å². The number of hydrogen-bond acceptors (Lipinski definition) is 4. The Bertz CT molecular complexity index is 876. The second-order valence-electron chi connectivity index (χ2n) is 5.10. The van der Waals surface area contributed by atoms with Gasteiger partial charge in [-0.2, -0.15) is 5.10 Å². The van der Waals surface area contributed by atoms with Gasteiger partial charge in [0.05, 0.1) is 17.6 Å². The van der Waals surface area contributed by atoms with Gasteiger partial charge in [0.25, 0.3) is 5.91 Å². The predicted molar refractivity (Wildman–Crippen MR) is 83.8 cm³/mol. The van der Waals surface area contributed by atoms with Crippen molar-refractivity contribution >= 4 is 22.6 Å². The molecule has 0 spiro atoms. The lowest BCUT2D eigenvalue weighted by Gasteiger charge is -2.07. The summed E-state index contributed by atoms with van der Waals surface area (Å²) in [5, 5.41) is 7.85. The maximum absolute atomic E-state index is 13.0. The molecule has 2 heterocycles. The van der Waals surface area contributed by atoms with E-state index in [1.807, 2.05) is 20.0 Å². The molecule has 0 aliphatic rings. The van der Waals surface area contributed by atoms with E-state index >= 15 is 0 Å². The number of amides is 1. The summed E-state index contributed by atoms with van der Waals surface area (Å²) < 4.78 is 20.0. The summed E-state index contributed by atoms with van der Waals surface area (Å²) in [4.78, 5) is 16.2.